The average molecular weight is 745 g/mol. The summed E-state index contributed by atoms with van der Waals surface area (Å²) in [5.74, 6) is 1.65. The van der Waals surface area contributed by atoms with Crippen LogP contribution in [0.3, 0.4) is 0 Å². The second-order valence-electron chi connectivity index (χ2n) is 15.9. The second-order valence-corrected chi connectivity index (χ2v) is 15.9. The van der Waals surface area contributed by atoms with E-state index >= 15 is 0 Å². The lowest BCUT2D eigenvalue weighted by molar-refractivity contribution is 0.281. The molecule has 6 heteroatoms. The zero-order valence-electron chi connectivity index (χ0n) is 33.6. The number of benzene rings is 6. The van der Waals surface area contributed by atoms with E-state index in [0.717, 1.165) is 58.2 Å². The van der Waals surface area contributed by atoms with Gasteiger partial charge in [-0.3, -0.25) is 0 Å². The fourth-order valence-electron chi connectivity index (χ4n) is 9.25. The van der Waals surface area contributed by atoms with Crippen molar-refractivity contribution in [2.75, 3.05) is 24.0 Å². The largest absolute Gasteiger partial charge is 0.497 e. The van der Waals surface area contributed by atoms with E-state index in [1.807, 2.05) is 48.5 Å². The molecule has 2 aliphatic rings. The molecule has 0 amide bonds. The highest BCUT2D eigenvalue weighted by Crippen LogP contribution is 2.63. The van der Waals surface area contributed by atoms with Gasteiger partial charge in [-0.05, 0) is 149 Å². The molecule has 0 heterocycles. The molecular weight excluding hydrogens is 693 g/mol. The van der Waals surface area contributed by atoms with Gasteiger partial charge in [0.15, 0.2) is 0 Å². The van der Waals surface area contributed by atoms with Crippen molar-refractivity contribution in [3.63, 3.8) is 0 Å². The first-order valence-corrected chi connectivity index (χ1v) is 19.7. The Morgan fingerprint density at radius 1 is 0.554 bits per heavy atom. The molecule has 56 heavy (non-hydrogen) atoms. The van der Waals surface area contributed by atoms with Crippen LogP contribution in [-0.2, 0) is 29.7 Å². The molecule has 0 aromatic heterocycles. The number of hydrogen-bond donors (Lipinski definition) is 2. The summed E-state index contributed by atoms with van der Waals surface area (Å²) in [4.78, 5) is 4.90. The molecule has 0 bridgehead atoms. The highest BCUT2D eigenvalue weighted by Gasteiger charge is 2.56. The summed E-state index contributed by atoms with van der Waals surface area (Å²) in [7, 11) is 3.41. The van der Waals surface area contributed by atoms with E-state index in [0.29, 0.717) is 0 Å². The Bertz CT molecular complexity index is 2270. The third-order valence-electron chi connectivity index (χ3n) is 12.8. The van der Waals surface area contributed by atoms with Crippen molar-refractivity contribution in [2.24, 2.45) is 0 Å². The zero-order valence-corrected chi connectivity index (χ0v) is 33.6. The average Bonchev–Trinajstić information content (AvgIpc) is 3.83. The van der Waals surface area contributed by atoms with Gasteiger partial charge in [0.2, 0.25) is 0 Å². The Morgan fingerprint density at radius 3 is 1.46 bits per heavy atom. The highest BCUT2D eigenvalue weighted by atomic mass is 16.5. The summed E-state index contributed by atoms with van der Waals surface area (Å²) in [6.45, 7) is 11.7. The molecule has 2 N–H and O–H groups in total. The second kappa shape index (κ2) is 14.2. The van der Waals surface area contributed by atoms with Gasteiger partial charge in [0.05, 0.1) is 38.5 Å². The van der Waals surface area contributed by atoms with Crippen LogP contribution in [0.1, 0.15) is 86.4 Å². The fourth-order valence-corrected chi connectivity index (χ4v) is 9.25. The van der Waals surface area contributed by atoms with Gasteiger partial charge in [-0.2, -0.15) is 0 Å². The van der Waals surface area contributed by atoms with Gasteiger partial charge in [0.1, 0.15) is 11.5 Å². The van der Waals surface area contributed by atoms with Crippen LogP contribution in [-0.4, -0.2) is 24.4 Å². The minimum absolute atomic E-state index is 0.00591. The smallest absolute Gasteiger partial charge is 0.119 e. The maximum Gasteiger partial charge on any atom is 0.119 e. The molecule has 286 valence electrons. The topological polar surface area (TPSA) is 65.4 Å². The van der Waals surface area contributed by atoms with Crippen molar-refractivity contribution in [3.8, 4) is 22.6 Å². The Morgan fingerprint density at radius 2 is 1.02 bits per heavy atom. The quantitative estimate of drug-likeness (QED) is 0.123. The lowest BCUT2D eigenvalue weighted by Crippen LogP contribution is -2.40. The predicted octanol–water partition coefficient (Wildman–Crippen LogP) is 11.3. The van der Waals surface area contributed by atoms with E-state index in [4.69, 9.17) is 9.47 Å². The van der Waals surface area contributed by atoms with Crippen LogP contribution in [0.2, 0.25) is 0 Å². The third kappa shape index (κ3) is 5.77. The van der Waals surface area contributed by atoms with Crippen LogP contribution in [0.4, 0.5) is 22.7 Å². The number of methoxy groups -OCH3 is 2. The maximum atomic E-state index is 9.82. The molecule has 2 aliphatic carbocycles. The van der Waals surface area contributed by atoms with Crippen LogP contribution in [0.25, 0.3) is 11.1 Å². The van der Waals surface area contributed by atoms with Crippen molar-refractivity contribution in [3.05, 3.63) is 166 Å². The van der Waals surface area contributed by atoms with E-state index in [2.05, 4.69) is 123 Å². The molecule has 6 nitrogen and oxygen atoms in total. The third-order valence-corrected chi connectivity index (χ3v) is 12.8. The van der Waals surface area contributed by atoms with Crippen molar-refractivity contribution in [1.82, 2.24) is 0 Å². The van der Waals surface area contributed by atoms with E-state index < -0.39 is 0 Å². The summed E-state index contributed by atoms with van der Waals surface area (Å²) >= 11 is 0. The molecule has 6 aromatic rings. The standard InChI is InChI=1S/C50H52N2O4/c1-8-49(5,51(36-19-23-40(55-6)24-20-36)37-21-25-41(56-7)26-22-37)35-14-27-42-43-29-46-47(30-45(43)48(3,4)44(42)28-35)50(46,9-2)52(38-15-10-33(31-53)11-16-38)39-17-12-34(32-54)13-18-39/h10-30,53-54H,8-9,31-32H2,1-7H3. The number of rotatable bonds is 13. The summed E-state index contributed by atoms with van der Waals surface area (Å²) in [6, 6.07) is 45.3. The first-order valence-electron chi connectivity index (χ1n) is 19.7. The fraction of sp³-hybridized carbons (Fsp3) is 0.280. The van der Waals surface area contributed by atoms with Gasteiger partial charge in [-0.1, -0.05) is 76.2 Å². The number of aliphatic hydroxyl groups excluding tert-OH is 2. The number of hydrogen-bond acceptors (Lipinski definition) is 6. The Labute approximate surface area is 331 Å². The molecule has 0 saturated carbocycles. The maximum absolute atomic E-state index is 9.82. The van der Waals surface area contributed by atoms with E-state index in [-0.39, 0.29) is 29.7 Å². The van der Waals surface area contributed by atoms with Crippen LogP contribution in [0, 0.1) is 0 Å². The van der Waals surface area contributed by atoms with Gasteiger partial charge in [-0.15, -0.1) is 0 Å². The minimum atomic E-state index is -0.383. The number of fused-ring (bicyclic) bond motifs is 4. The van der Waals surface area contributed by atoms with Gasteiger partial charge in [0.25, 0.3) is 0 Å². The van der Waals surface area contributed by atoms with Gasteiger partial charge in [0, 0.05) is 28.2 Å². The van der Waals surface area contributed by atoms with Crippen molar-refractivity contribution in [2.45, 2.75) is 77.2 Å². The van der Waals surface area contributed by atoms with E-state index in [1.54, 1.807) is 14.2 Å². The molecule has 8 rings (SSSR count). The van der Waals surface area contributed by atoms with Crippen LogP contribution >= 0.6 is 0 Å². The molecule has 0 radical (unpaired) electrons. The summed E-state index contributed by atoms with van der Waals surface area (Å²) in [5, 5.41) is 19.6. The SMILES string of the molecule is CCC(C)(c1ccc2c(c1)C(C)(C)c1cc3c(cc1-2)C3(CC)N(c1ccc(CO)cc1)c1ccc(CO)cc1)N(c1ccc(OC)cc1)c1ccc(OC)cc1. The normalized spacial score (nSPS) is 16.9. The summed E-state index contributed by atoms with van der Waals surface area (Å²) in [6.07, 6.45) is 1.77. The van der Waals surface area contributed by atoms with Gasteiger partial charge in [-0.25, -0.2) is 0 Å². The van der Waals surface area contributed by atoms with E-state index in [1.165, 1.54) is 38.9 Å². The monoisotopic (exact) mass is 744 g/mol. The highest BCUT2D eigenvalue weighted by molar-refractivity contribution is 5.88. The number of nitrogens with zero attached hydrogens (tertiary/aromatic N) is 2. The van der Waals surface area contributed by atoms with Gasteiger partial charge >= 0.3 is 0 Å². The lowest BCUT2D eigenvalue weighted by atomic mass is 9.79. The van der Waals surface area contributed by atoms with Crippen LogP contribution in [0.15, 0.2) is 127 Å². The van der Waals surface area contributed by atoms with Crippen molar-refractivity contribution in [1.29, 1.82) is 0 Å². The molecule has 6 aromatic carbocycles. The molecule has 0 aliphatic heterocycles. The van der Waals surface area contributed by atoms with Crippen LogP contribution in [0.5, 0.6) is 11.5 Å². The van der Waals surface area contributed by atoms with Crippen LogP contribution < -0.4 is 19.3 Å². The lowest BCUT2D eigenvalue weighted by Gasteiger charge is -2.44. The summed E-state index contributed by atoms with van der Waals surface area (Å²) < 4.78 is 11.1. The molecule has 2 unspecified atom stereocenters. The first kappa shape index (κ1) is 37.4. The number of ether oxygens (including phenoxy) is 2. The minimum Gasteiger partial charge on any atom is -0.497 e. The molecule has 2 atom stereocenters. The van der Waals surface area contributed by atoms with Gasteiger partial charge < -0.3 is 29.5 Å². The van der Waals surface area contributed by atoms with Crippen molar-refractivity contribution >= 4 is 22.7 Å². The molecular formula is C50H52N2O4. The van der Waals surface area contributed by atoms with Crippen molar-refractivity contribution < 1.29 is 19.7 Å². The molecule has 0 fully saturated rings. The number of aliphatic hydroxyl groups is 2. The Kier molecular flexibility index (Phi) is 9.46. The Hall–Kier alpha value is -5.56. The summed E-state index contributed by atoms with van der Waals surface area (Å²) in [5.41, 5.74) is 14.4. The molecule has 0 saturated heterocycles. The zero-order chi connectivity index (χ0) is 39.4. The predicted molar refractivity (Wildman–Crippen MR) is 228 cm³/mol. The number of anilines is 4. The molecule has 0 spiro atoms. The first-order chi connectivity index (χ1) is 27.1. The Balaban J connectivity index is 1.22. The van der Waals surface area contributed by atoms with E-state index in [9.17, 15) is 10.2 Å².